The van der Waals surface area contributed by atoms with Gasteiger partial charge in [0.25, 0.3) is 0 Å². The van der Waals surface area contributed by atoms with Crippen LogP contribution in [0.3, 0.4) is 0 Å². The average Bonchev–Trinajstić information content (AvgIpc) is 3.36. The third-order valence-corrected chi connectivity index (χ3v) is 5.87. The Morgan fingerprint density at radius 3 is 2.26 bits per heavy atom. The number of anilines is 1. The second-order valence-electron chi connectivity index (χ2n) is 8.76. The van der Waals surface area contributed by atoms with Crippen molar-refractivity contribution in [3.8, 4) is 16.9 Å². The molecule has 0 aliphatic rings. The van der Waals surface area contributed by atoms with Crippen LogP contribution < -0.4 is 5.32 Å². The number of benzene rings is 3. The minimum atomic E-state index is -0.466. The maximum atomic E-state index is 13.6. The lowest BCUT2D eigenvalue weighted by Gasteiger charge is -2.22. The first-order valence-electron chi connectivity index (χ1n) is 12.6. The lowest BCUT2D eigenvalue weighted by Crippen LogP contribution is -2.38. The summed E-state index contributed by atoms with van der Waals surface area (Å²) >= 11 is 0. The van der Waals surface area contributed by atoms with Crippen LogP contribution in [0.2, 0.25) is 0 Å². The second kappa shape index (κ2) is 13.1. The average molecular weight is 529 g/mol. The molecule has 9 heteroatoms. The molecule has 1 heterocycles. The van der Waals surface area contributed by atoms with Crippen LogP contribution >= 0.6 is 0 Å². The van der Waals surface area contributed by atoms with Gasteiger partial charge in [0.2, 0.25) is 11.8 Å². The molecule has 0 spiro atoms. The zero-order valence-corrected chi connectivity index (χ0v) is 21.5. The topological polar surface area (TPSA) is 93.5 Å². The van der Waals surface area contributed by atoms with E-state index in [0.717, 1.165) is 11.1 Å². The number of nitrogens with one attached hydrogen (secondary N) is 1. The summed E-state index contributed by atoms with van der Waals surface area (Å²) in [5.74, 6) is -1.29. The molecular formula is C30H29FN4O4. The zero-order chi connectivity index (χ0) is 27.6. The summed E-state index contributed by atoms with van der Waals surface area (Å²) < 4.78 is 20.0. The van der Waals surface area contributed by atoms with Gasteiger partial charge in [-0.05, 0) is 36.8 Å². The van der Waals surface area contributed by atoms with E-state index < -0.39 is 17.7 Å². The van der Waals surface area contributed by atoms with Crippen molar-refractivity contribution < 1.29 is 23.5 Å². The Kier molecular flexibility index (Phi) is 9.18. The van der Waals surface area contributed by atoms with Gasteiger partial charge in [0.05, 0.1) is 24.4 Å². The summed E-state index contributed by atoms with van der Waals surface area (Å²) in [6.07, 6.45) is -0.151. The van der Waals surface area contributed by atoms with Crippen LogP contribution in [-0.2, 0) is 25.7 Å². The minimum absolute atomic E-state index is 0.0721. The van der Waals surface area contributed by atoms with Gasteiger partial charge in [0.15, 0.2) is 0 Å². The molecule has 0 aliphatic carbocycles. The van der Waals surface area contributed by atoms with E-state index in [1.165, 1.54) is 21.7 Å². The van der Waals surface area contributed by atoms with Gasteiger partial charge in [0.1, 0.15) is 18.2 Å². The van der Waals surface area contributed by atoms with Crippen LogP contribution in [0.5, 0.6) is 0 Å². The highest BCUT2D eigenvalue weighted by Gasteiger charge is 2.21. The normalized spacial score (nSPS) is 10.6. The molecule has 0 aliphatic heterocycles. The molecule has 0 saturated heterocycles. The van der Waals surface area contributed by atoms with Gasteiger partial charge in [-0.15, -0.1) is 0 Å². The number of nitrogens with zero attached hydrogens (tertiary/aromatic N) is 3. The predicted molar refractivity (Wildman–Crippen MR) is 145 cm³/mol. The first-order chi connectivity index (χ1) is 18.9. The Labute approximate surface area is 226 Å². The van der Waals surface area contributed by atoms with Gasteiger partial charge >= 0.3 is 5.97 Å². The monoisotopic (exact) mass is 528 g/mol. The van der Waals surface area contributed by atoms with E-state index in [1.807, 2.05) is 60.7 Å². The van der Waals surface area contributed by atoms with E-state index in [9.17, 15) is 18.8 Å². The Hall–Kier alpha value is -4.79. The molecule has 0 unspecified atom stereocenters. The van der Waals surface area contributed by atoms with Gasteiger partial charge in [-0.2, -0.15) is 5.10 Å². The van der Waals surface area contributed by atoms with Crippen molar-refractivity contribution in [2.45, 2.75) is 26.3 Å². The molecule has 39 heavy (non-hydrogen) atoms. The third-order valence-electron chi connectivity index (χ3n) is 5.87. The van der Waals surface area contributed by atoms with E-state index in [4.69, 9.17) is 4.74 Å². The van der Waals surface area contributed by atoms with Crippen molar-refractivity contribution in [3.05, 3.63) is 102 Å². The highest BCUT2D eigenvalue weighted by Crippen LogP contribution is 2.25. The Balaban J connectivity index is 1.56. The van der Waals surface area contributed by atoms with Crippen molar-refractivity contribution >= 4 is 23.6 Å². The number of hydrogen-bond acceptors (Lipinski definition) is 5. The number of aromatic nitrogens is 2. The summed E-state index contributed by atoms with van der Waals surface area (Å²) in [5.41, 5.74) is 2.86. The fraction of sp³-hybridized carbons (Fsp3) is 0.200. The summed E-state index contributed by atoms with van der Waals surface area (Å²) in [4.78, 5) is 39.5. The largest absolute Gasteiger partial charge is 0.466 e. The molecule has 8 nitrogen and oxygen atoms in total. The van der Waals surface area contributed by atoms with Crippen LogP contribution in [-0.4, -0.2) is 45.6 Å². The number of carbonyl (C=O) groups is 3. The molecule has 2 amide bonds. The molecule has 200 valence electrons. The van der Waals surface area contributed by atoms with Crippen molar-refractivity contribution in [3.63, 3.8) is 0 Å². The number of hydrogen-bond donors (Lipinski definition) is 1. The molecule has 4 rings (SSSR count). The lowest BCUT2D eigenvalue weighted by molar-refractivity contribution is -0.146. The Morgan fingerprint density at radius 1 is 0.923 bits per heavy atom. The summed E-state index contributed by atoms with van der Waals surface area (Å²) in [6, 6.07) is 26.2. The first kappa shape index (κ1) is 27.3. The standard InChI is InChI=1S/C30H29FN4O4/c1-2-39-30(38)18-17-29(37)34(20-22-9-5-3-6-10-22)21-28(36)32-27-19-26(23-11-7-4-8-12-23)33-35(27)25-15-13-24(31)14-16-25/h3-16,19H,2,17-18,20-21H2,1H3,(H,32,36). The van der Waals surface area contributed by atoms with Crippen molar-refractivity contribution in [2.75, 3.05) is 18.5 Å². The molecule has 0 radical (unpaired) electrons. The maximum Gasteiger partial charge on any atom is 0.306 e. The van der Waals surface area contributed by atoms with Crippen LogP contribution in [0, 0.1) is 5.82 Å². The van der Waals surface area contributed by atoms with Gasteiger partial charge in [0, 0.05) is 24.6 Å². The van der Waals surface area contributed by atoms with Crippen LogP contribution in [0.25, 0.3) is 16.9 Å². The number of ether oxygens (including phenoxy) is 1. The minimum Gasteiger partial charge on any atom is -0.466 e. The molecule has 1 aromatic heterocycles. The first-order valence-corrected chi connectivity index (χ1v) is 12.6. The summed E-state index contributed by atoms with van der Waals surface area (Å²) in [5, 5.41) is 7.48. The number of esters is 1. The molecule has 4 aromatic rings. The van der Waals surface area contributed by atoms with Crippen LogP contribution in [0.1, 0.15) is 25.3 Å². The SMILES string of the molecule is CCOC(=O)CCC(=O)N(CC(=O)Nc1cc(-c2ccccc2)nn1-c1ccc(F)cc1)Cc1ccccc1. The quantitative estimate of drug-likeness (QED) is 0.277. The van der Waals surface area contributed by atoms with Gasteiger partial charge in [-0.1, -0.05) is 60.7 Å². The van der Waals surface area contributed by atoms with Gasteiger partial charge in [-0.25, -0.2) is 9.07 Å². The number of amides is 2. The van der Waals surface area contributed by atoms with E-state index in [1.54, 1.807) is 25.1 Å². The molecule has 0 saturated carbocycles. The van der Waals surface area contributed by atoms with Gasteiger partial charge in [-0.3, -0.25) is 14.4 Å². The smallest absolute Gasteiger partial charge is 0.306 e. The molecular weight excluding hydrogens is 499 g/mol. The third kappa shape index (κ3) is 7.61. The molecule has 3 aromatic carbocycles. The van der Waals surface area contributed by atoms with Crippen LogP contribution in [0.4, 0.5) is 10.2 Å². The Bertz CT molecular complexity index is 1410. The summed E-state index contributed by atoms with van der Waals surface area (Å²) in [6.45, 7) is 1.88. The fourth-order valence-electron chi connectivity index (χ4n) is 3.99. The summed E-state index contributed by atoms with van der Waals surface area (Å²) in [7, 11) is 0. The number of rotatable bonds is 11. The molecule has 1 N–H and O–H groups in total. The lowest BCUT2D eigenvalue weighted by atomic mass is 10.1. The highest BCUT2D eigenvalue weighted by molar-refractivity contribution is 5.95. The number of halogens is 1. The molecule has 0 bridgehead atoms. The van der Waals surface area contributed by atoms with E-state index in [2.05, 4.69) is 10.4 Å². The molecule has 0 fully saturated rings. The maximum absolute atomic E-state index is 13.6. The van der Waals surface area contributed by atoms with Crippen molar-refractivity contribution in [1.29, 1.82) is 0 Å². The van der Waals surface area contributed by atoms with E-state index >= 15 is 0 Å². The fourth-order valence-corrected chi connectivity index (χ4v) is 3.99. The predicted octanol–water partition coefficient (Wildman–Crippen LogP) is 4.99. The highest BCUT2D eigenvalue weighted by atomic mass is 19.1. The van der Waals surface area contributed by atoms with Crippen molar-refractivity contribution in [1.82, 2.24) is 14.7 Å². The van der Waals surface area contributed by atoms with Crippen molar-refractivity contribution in [2.24, 2.45) is 0 Å². The zero-order valence-electron chi connectivity index (χ0n) is 21.5. The molecule has 0 atom stereocenters. The van der Waals surface area contributed by atoms with E-state index in [-0.39, 0.29) is 38.4 Å². The Morgan fingerprint density at radius 2 is 1.59 bits per heavy atom. The van der Waals surface area contributed by atoms with E-state index in [0.29, 0.717) is 17.2 Å². The number of carbonyl (C=O) groups excluding carboxylic acids is 3. The van der Waals surface area contributed by atoms with Crippen LogP contribution in [0.15, 0.2) is 91.0 Å². The van der Waals surface area contributed by atoms with Gasteiger partial charge < -0.3 is 15.0 Å². The second-order valence-corrected chi connectivity index (χ2v) is 8.76.